The monoisotopic (exact) mass is 205 g/mol. The molecular formula is C10H8FN3O. The summed E-state index contributed by atoms with van der Waals surface area (Å²) in [4.78, 5) is 11.7. The third-order valence-corrected chi connectivity index (χ3v) is 2.00. The first-order valence-electron chi connectivity index (χ1n) is 4.35. The maximum atomic E-state index is 12.8. The molecule has 0 aliphatic carbocycles. The van der Waals surface area contributed by atoms with Crippen LogP contribution in [0.15, 0.2) is 24.4 Å². The summed E-state index contributed by atoms with van der Waals surface area (Å²) in [6.45, 7) is 1.75. The van der Waals surface area contributed by atoms with Crippen molar-refractivity contribution in [2.24, 2.45) is 0 Å². The van der Waals surface area contributed by atoms with Crippen molar-refractivity contribution in [2.45, 2.75) is 6.92 Å². The van der Waals surface area contributed by atoms with Crippen LogP contribution in [0.4, 0.5) is 4.39 Å². The summed E-state index contributed by atoms with van der Waals surface area (Å²) in [5.41, 5.74) is 1.62. The zero-order chi connectivity index (χ0) is 10.8. The van der Waals surface area contributed by atoms with Crippen LogP contribution in [0.25, 0.3) is 5.69 Å². The standard InChI is InChI=1S/C10H8FN3O/c1-7-4-8(11)2-3-10(7)14-12-5-9(6-15)13-14/h2-6H,1H3. The molecule has 0 atom stereocenters. The van der Waals surface area contributed by atoms with E-state index in [1.165, 1.54) is 23.1 Å². The van der Waals surface area contributed by atoms with Crippen LogP contribution in [0.5, 0.6) is 0 Å². The van der Waals surface area contributed by atoms with Gasteiger partial charge in [-0.2, -0.15) is 9.90 Å². The Kier molecular flexibility index (Phi) is 2.29. The smallest absolute Gasteiger partial charge is 0.171 e. The van der Waals surface area contributed by atoms with Gasteiger partial charge in [-0.3, -0.25) is 4.79 Å². The van der Waals surface area contributed by atoms with Gasteiger partial charge in [0.15, 0.2) is 6.29 Å². The molecule has 76 valence electrons. The Bertz CT molecular complexity index is 507. The van der Waals surface area contributed by atoms with Gasteiger partial charge in [-0.15, -0.1) is 5.10 Å². The van der Waals surface area contributed by atoms with Gasteiger partial charge in [0, 0.05) is 0 Å². The number of carbonyl (C=O) groups excluding carboxylic acids is 1. The fourth-order valence-corrected chi connectivity index (χ4v) is 1.29. The minimum absolute atomic E-state index is 0.249. The van der Waals surface area contributed by atoms with Gasteiger partial charge in [0.2, 0.25) is 0 Å². The first kappa shape index (κ1) is 9.51. The molecule has 2 rings (SSSR count). The second-order valence-corrected chi connectivity index (χ2v) is 3.11. The fourth-order valence-electron chi connectivity index (χ4n) is 1.29. The maximum absolute atomic E-state index is 12.8. The molecule has 1 aromatic heterocycles. The number of nitrogens with zero attached hydrogens (tertiary/aromatic N) is 3. The lowest BCUT2D eigenvalue weighted by molar-refractivity contribution is 0.111. The third kappa shape index (κ3) is 1.76. The van der Waals surface area contributed by atoms with Gasteiger partial charge < -0.3 is 0 Å². The van der Waals surface area contributed by atoms with Crippen molar-refractivity contribution in [1.82, 2.24) is 15.0 Å². The number of hydrogen-bond acceptors (Lipinski definition) is 3. The van der Waals surface area contributed by atoms with Gasteiger partial charge in [-0.05, 0) is 30.7 Å². The number of aldehydes is 1. The third-order valence-electron chi connectivity index (χ3n) is 2.00. The van der Waals surface area contributed by atoms with E-state index in [1.54, 1.807) is 13.0 Å². The lowest BCUT2D eigenvalue weighted by atomic mass is 10.2. The zero-order valence-electron chi connectivity index (χ0n) is 8.01. The molecule has 5 heteroatoms. The molecule has 0 saturated carbocycles. The van der Waals surface area contributed by atoms with Crippen molar-refractivity contribution in [2.75, 3.05) is 0 Å². The highest BCUT2D eigenvalue weighted by Gasteiger charge is 2.05. The van der Waals surface area contributed by atoms with Crippen molar-refractivity contribution in [1.29, 1.82) is 0 Å². The van der Waals surface area contributed by atoms with Gasteiger partial charge in [-0.1, -0.05) is 0 Å². The van der Waals surface area contributed by atoms with Crippen LogP contribution in [0, 0.1) is 12.7 Å². The van der Waals surface area contributed by atoms with E-state index in [4.69, 9.17) is 0 Å². The molecule has 0 unspecified atom stereocenters. The molecule has 0 N–H and O–H groups in total. The van der Waals surface area contributed by atoms with E-state index in [-0.39, 0.29) is 11.5 Å². The summed E-state index contributed by atoms with van der Waals surface area (Å²) in [6, 6.07) is 4.28. The molecule has 0 fully saturated rings. The van der Waals surface area contributed by atoms with Gasteiger partial charge in [0.05, 0.1) is 11.9 Å². The van der Waals surface area contributed by atoms with Crippen LogP contribution in [-0.4, -0.2) is 21.3 Å². The summed E-state index contributed by atoms with van der Waals surface area (Å²) in [5.74, 6) is -0.306. The van der Waals surface area contributed by atoms with E-state index in [0.29, 0.717) is 17.5 Å². The predicted molar refractivity (Wildman–Crippen MR) is 51.4 cm³/mol. The minimum Gasteiger partial charge on any atom is -0.296 e. The molecule has 2 aromatic rings. The highest BCUT2D eigenvalue weighted by molar-refractivity contribution is 5.70. The molecule has 0 aliphatic heterocycles. The van der Waals surface area contributed by atoms with E-state index >= 15 is 0 Å². The first-order valence-corrected chi connectivity index (χ1v) is 4.35. The number of benzene rings is 1. The molecule has 4 nitrogen and oxygen atoms in total. The average Bonchev–Trinajstić information content (AvgIpc) is 2.66. The van der Waals surface area contributed by atoms with Crippen LogP contribution < -0.4 is 0 Å². The molecule has 0 bridgehead atoms. The molecule has 1 aromatic carbocycles. The molecule has 1 heterocycles. The van der Waals surface area contributed by atoms with Crippen LogP contribution in [0.3, 0.4) is 0 Å². The molecule has 0 saturated heterocycles. The lowest BCUT2D eigenvalue weighted by Crippen LogP contribution is -2.01. The van der Waals surface area contributed by atoms with Crippen molar-refractivity contribution in [3.05, 3.63) is 41.5 Å². The number of carbonyl (C=O) groups is 1. The molecule has 0 aliphatic rings. The van der Waals surface area contributed by atoms with Crippen LogP contribution in [0.1, 0.15) is 16.1 Å². The molecule has 0 amide bonds. The number of rotatable bonds is 2. The Morgan fingerprint density at radius 3 is 2.87 bits per heavy atom. The summed E-state index contributed by atoms with van der Waals surface area (Å²) < 4.78 is 12.8. The van der Waals surface area contributed by atoms with Gasteiger partial charge in [0.25, 0.3) is 0 Å². The van der Waals surface area contributed by atoms with Crippen LogP contribution in [-0.2, 0) is 0 Å². The Labute approximate surface area is 85.3 Å². The topological polar surface area (TPSA) is 47.8 Å². The Balaban J connectivity index is 2.49. The number of hydrogen-bond donors (Lipinski definition) is 0. The number of aryl methyl sites for hydroxylation is 1. The quantitative estimate of drug-likeness (QED) is 0.698. The highest BCUT2D eigenvalue weighted by Crippen LogP contribution is 2.13. The van der Waals surface area contributed by atoms with Gasteiger partial charge in [-0.25, -0.2) is 4.39 Å². The van der Waals surface area contributed by atoms with Crippen LogP contribution in [0.2, 0.25) is 0 Å². The highest BCUT2D eigenvalue weighted by atomic mass is 19.1. The second kappa shape index (κ2) is 3.61. The summed E-state index contributed by atoms with van der Waals surface area (Å²) in [5, 5.41) is 7.80. The molecule has 15 heavy (non-hydrogen) atoms. The van der Waals surface area contributed by atoms with E-state index < -0.39 is 0 Å². The lowest BCUT2D eigenvalue weighted by Gasteiger charge is -2.03. The van der Waals surface area contributed by atoms with Crippen LogP contribution >= 0.6 is 0 Å². The summed E-state index contributed by atoms with van der Waals surface area (Å²) in [6.07, 6.45) is 1.97. The Morgan fingerprint density at radius 2 is 2.27 bits per heavy atom. The molecular weight excluding hydrogens is 197 g/mol. The SMILES string of the molecule is Cc1cc(F)ccc1-n1ncc(C=O)n1. The predicted octanol–water partition coefficient (Wildman–Crippen LogP) is 1.53. The van der Waals surface area contributed by atoms with Crippen molar-refractivity contribution < 1.29 is 9.18 Å². The van der Waals surface area contributed by atoms with Gasteiger partial charge in [0.1, 0.15) is 11.5 Å². The fraction of sp³-hybridized carbons (Fsp3) is 0.100. The Morgan fingerprint density at radius 1 is 1.47 bits per heavy atom. The number of aromatic nitrogens is 3. The Hall–Kier alpha value is -2.04. The van der Waals surface area contributed by atoms with Gasteiger partial charge >= 0.3 is 0 Å². The first-order chi connectivity index (χ1) is 7.20. The zero-order valence-corrected chi connectivity index (χ0v) is 8.01. The second-order valence-electron chi connectivity index (χ2n) is 3.11. The number of halogens is 1. The largest absolute Gasteiger partial charge is 0.296 e. The molecule has 0 radical (unpaired) electrons. The average molecular weight is 205 g/mol. The van der Waals surface area contributed by atoms with Crippen molar-refractivity contribution in [3.63, 3.8) is 0 Å². The minimum atomic E-state index is -0.306. The van der Waals surface area contributed by atoms with E-state index in [0.717, 1.165) is 0 Å². The summed E-state index contributed by atoms with van der Waals surface area (Å²) in [7, 11) is 0. The normalized spacial score (nSPS) is 10.3. The maximum Gasteiger partial charge on any atom is 0.171 e. The van der Waals surface area contributed by atoms with E-state index in [2.05, 4.69) is 10.2 Å². The van der Waals surface area contributed by atoms with E-state index in [9.17, 15) is 9.18 Å². The van der Waals surface area contributed by atoms with Crippen molar-refractivity contribution in [3.8, 4) is 5.69 Å². The van der Waals surface area contributed by atoms with Crippen molar-refractivity contribution >= 4 is 6.29 Å². The molecule has 0 spiro atoms. The summed E-state index contributed by atoms with van der Waals surface area (Å²) >= 11 is 0. The van der Waals surface area contributed by atoms with E-state index in [1.807, 2.05) is 0 Å².